The number of hydrogen-bond acceptors (Lipinski definition) is 5. The Morgan fingerprint density at radius 1 is 1.20 bits per heavy atom. The second kappa shape index (κ2) is 10.4. The molecule has 2 aromatic carbocycles. The van der Waals surface area contributed by atoms with E-state index in [9.17, 15) is 17.2 Å². The van der Waals surface area contributed by atoms with E-state index in [-0.39, 0.29) is 15.8 Å². The zero-order valence-electron chi connectivity index (χ0n) is 16.6. The summed E-state index contributed by atoms with van der Waals surface area (Å²) in [7, 11) is -0.661. The predicted molar refractivity (Wildman–Crippen MR) is 117 cm³/mol. The minimum absolute atomic E-state index is 0.0573. The molecule has 0 unspecified atom stereocenters. The molecule has 0 fully saturated rings. The maximum absolute atomic E-state index is 12.3. The third-order valence-electron chi connectivity index (χ3n) is 3.91. The van der Waals surface area contributed by atoms with Crippen LogP contribution in [0, 0.1) is 0 Å². The molecule has 30 heavy (non-hydrogen) atoms. The van der Waals surface area contributed by atoms with Crippen molar-refractivity contribution >= 4 is 38.8 Å². The first-order valence-corrected chi connectivity index (χ1v) is 10.7. The van der Waals surface area contributed by atoms with Gasteiger partial charge in [-0.3, -0.25) is 5.43 Å². The predicted octanol–water partition coefficient (Wildman–Crippen LogP) is 3.64. The summed E-state index contributed by atoms with van der Waals surface area (Å²) in [6, 6.07) is 12.3. The summed E-state index contributed by atoms with van der Waals surface area (Å²) in [6.07, 6.45) is 0.557. The molecule has 7 nitrogen and oxygen atoms in total. The highest BCUT2D eigenvalue weighted by molar-refractivity contribution is 7.89. The zero-order valence-corrected chi connectivity index (χ0v) is 18.2. The number of hydrazone groups is 1. The van der Waals surface area contributed by atoms with Gasteiger partial charge in [-0.2, -0.15) is 13.9 Å². The van der Waals surface area contributed by atoms with Crippen LogP contribution in [-0.4, -0.2) is 44.3 Å². The molecular weight excluding hydrogens is 434 g/mol. The Morgan fingerprint density at radius 3 is 2.43 bits per heavy atom. The Morgan fingerprint density at radius 2 is 1.87 bits per heavy atom. The first-order valence-electron chi connectivity index (χ1n) is 8.85. The normalized spacial score (nSPS) is 12.2. The summed E-state index contributed by atoms with van der Waals surface area (Å²) >= 11 is 5.22. The lowest BCUT2D eigenvalue weighted by Crippen LogP contribution is -2.26. The average molecular weight is 457 g/mol. The first-order chi connectivity index (χ1) is 14.1. The lowest BCUT2D eigenvalue weighted by Gasteiger charge is -2.13. The highest BCUT2D eigenvalue weighted by Crippen LogP contribution is 2.18. The SMILES string of the molecule is CC/C(=N\NC(=S)Nc1cccc(S(=O)(=O)N(C)C)c1)c1ccc(OC(F)F)cc1. The fourth-order valence-corrected chi connectivity index (χ4v) is 3.51. The van der Waals surface area contributed by atoms with Gasteiger partial charge in [-0.1, -0.05) is 13.0 Å². The van der Waals surface area contributed by atoms with Crippen molar-refractivity contribution in [2.75, 3.05) is 19.4 Å². The van der Waals surface area contributed by atoms with Gasteiger partial charge in [-0.25, -0.2) is 12.7 Å². The molecule has 162 valence electrons. The summed E-state index contributed by atoms with van der Waals surface area (Å²) in [5.41, 5.74) is 4.55. The molecule has 0 radical (unpaired) electrons. The van der Waals surface area contributed by atoms with Crippen LogP contribution in [0.4, 0.5) is 14.5 Å². The smallest absolute Gasteiger partial charge is 0.387 e. The molecule has 2 N–H and O–H groups in total. The summed E-state index contributed by atoms with van der Waals surface area (Å²) in [5, 5.41) is 7.29. The molecule has 0 heterocycles. The molecule has 11 heteroatoms. The number of hydrogen-bond donors (Lipinski definition) is 2. The van der Waals surface area contributed by atoms with Crippen LogP contribution in [0.1, 0.15) is 18.9 Å². The fraction of sp³-hybridized carbons (Fsp3) is 0.263. The van der Waals surface area contributed by atoms with Crippen molar-refractivity contribution in [2.45, 2.75) is 24.9 Å². The minimum Gasteiger partial charge on any atom is -0.435 e. The number of thiocarbonyl (C=S) groups is 1. The van der Waals surface area contributed by atoms with Crippen LogP contribution in [-0.2, 0) is 10.0 Å². The third kappa shape index (κ3) is 6.44. The number of ether oxygens (including phenoxy) is 1. The molecule has 2 rings (SSSR count). The molecule has 0 aliphatic rings. The number of anilines is 1. The van der Waals surface area contributed by atoms with Crippen LogP contribution in [0.5, 0.6) is 5.75 Å². The molecule has 0 aliphatic carbocycles. The van der Waals surface area contributed by atoms with Crippen molar-refractivity contribution in [3.05, 3.63) is 54.1 Å². The number of nitrogens with zero attached hydrogens (tertiary/aromatic N) is 2. The maximum Gasteiger partial charge on any atom is 0.387 e. The van der Waals surface area contributed by atoms with Crippen LogP contribution in [0.3, 0.4) is 0 Å². The Balaban J connectivity index is 2.07. The van der Waals surface area contributed by atoms with Gasteiger partial charge < -0.3 is 10.1 Å². The van der Waals surface area contributed by atoms with E-state index >= 15 is 0 Å². The monoisotopic (exact) mass is 456 g/mol. The molecule has 0 saturated heterocycles. The van der Waals surface area contributed by atoms with Crippen molar-refractivity contribution in [3.8, 4) is 5.75 Å². The van der Waals surface area contributed by atoms with E-state index in [0.717, 1.165) is 4.31 Å². The van der Waals surface area contributed by atoms with Gasteiger partial charge in [-0.05, 0) is 66.7 Å². The van der Waals surface area contributed by atoms with Gasteiger partial charge in [0.2, 0.25) is 10.0 Å². The minimum atomic E-state index is -3.57. The Kier molecular flexibility index (Phi) is 8.21. The van der Waals surface area contributed by atoms with Crippen molar-refractivity contribution in [1.29, 1.82) is 0 Å². The number of halogens is 2. The van der Waals surface area contributed by atoms with Gasteiger partial charge in [-0.15, -0.1) is 0 Å². The van der Waals surface area contributed by atoms with Gasteiger partial charge in [0, 0.05) is 19.8 Å². The molecule has 0 bridgehead atoms. The molecule has 2 aromatic rings. The Hall–Kier alpha value is -2.63. The quantitative estimate of drug-likeness (QED) is 0.359. The number of alkyl halides is 2. The standard InChI is InChI=1S/C19H22F2N4O3S2/c1-4-17(13-8-10-15(11-9-13)28-18(20)21)23-24-19(29)22-14-6-5-7-16(12-14)30(26,27)25(2)3/h5-12,18H,4H2,1-3H3,(H2,22,24,29)/b23-17+. The summed E-state index contributed by atoms with van der Waals surface area (Å²) < 4.78 is 54.4. The summed E-state index contributed by atoms with van der Waals surface area (Å²) in [4.78, 5) is 0.129. The number of sulfonamides is 1. The largest absolute Gasteiger partial charge is 0.435 e. The van der Waals surface area contributed by atoms with Crippen molar-refractivity contribution < 1.29 is 21.9 Å². The van der Waals surface area contributed by atoms with Gasteiger partial charge >= 0.3 is 6.61 Å². The molecule has 0 saturated carbocycles. The van der Waals surface area contributed by atoms with E-state index < -0.39 is 16.6 Å². The number of nitrogens with one attached hydrogen (secondary N) is 2. The molecule has 0 aromatic heterocycles. The van der Waals surface area contributed by atoms with E-state index in [1.165, 1.54) is 38.4 Å². The van der Waals surface area contributed by atoms with Gasteiger partial charge in [0.15, 0.2) is 5.11 Å². The number of benzene rings is 2. The van der Waals surface area contributed by atoms with Crippen LogP contribution < -0.4 is 15.5 Å². The highest BCUT2D eigenvalue weighted by atomic mass is 32.2. The Labute approximate surface area is 179 Å². The zero-order chi connectivity index (χ0) is 22.3. The van der Waals surface area contributed by atoms with E-state index in [1.54, 1.807) is 24.3 Å². The molecule has 0 spiro atoms. The number of rotatable bonds is 8. The van der Waals surface area contributed by atoms with E-state index in [1.807, 2.05) is 6.92 Å². The molecule has 0 atom stereocenters. The van der Waals surface area contributed by atoms with Crippen molar-refractivity contribution in [2.24, 2.45) is 5.10 Å². The van der Waals surface area contributed by atoms with E-state index in [2.05, 4.69) is 20.6 Å². The second-order valence-electron chi connectivity index (χ2n) is 6.20. The third-order valence-corrected chi connectivity index (χ3v) is 5.91. The van der Waals surface area contributed by atoms with E-state index in [0.29, 0.717) is 23.4 Å². The second-order valence-corrected chi connectivity index (χ2v) is 8.76. The van der Waals surface area contributed by atoms with Crippen molar-refractivity contribution in [1.82, 2.24) is 9.73 Å². The maximum atomic E-state index is 12.3. The fourth-order valence-electron chi connectivity index (χ4n) is 2.40. The van der Waals surface area contributed by atoms with E-state index in [4.69, 9.17) is 12.2 Å². The van der Waals surface area contributed by atoms with Crippen LogP contribution in [0.15, 0.2) is 58.5 Å². The molecular formula is C19H22F2N4O3S2. The first kappa shape index (κ1) is 23.6. The average Bonchev–Trinajstić information content (AvgIpc) is 2.69. The van der Waals surface area contributed by atoms with Gasteiger partial charge in [0.05, 0.1) is 10.6 Å². The van der Waals surface area contributed by atoms with Crippen LogP contribution in [0.2, 0.25) is 0 Å². The summed E-state index contributed by atoms with van der Waals surface area (Å²) in [5.74, 6) is 0.0573. The van der Waals surface area contributed by atoms with Crippen LogP contribution in [0.25, 0.3) is 0 Å². The Bertz CT molecular complexity index is 1010. The highest BCUT2D eigenvalue weighted by Gasteiger charge is 2.17. The van der Waals surface area contributed by atoms with Crippen molar-refractivity contribution in [3.63, 3.8) is 0 Å². The van der Waals surface area contributed by atoms with Gasteiger partial charge in [0.25, 0.3) is 0 Å². The van der Waals surface area contributed by atoms with Crippen LogP contribution >= 0.6 is 12.2 Å². The molecule has 0 amide bonds. The molecule has 0 aliphatic heterocycles. The lowest BCUT2D eigenvalue weighted by atomic mass is 10.1. The topological polar surface area (TPSA) is 83.0 Å². The lowest BCUT2D eigenvalue weighted by molar-refractivity contribution is -0.0498. The van der Waals surface area contributed by atoms with Gasteiger partial charge in [0.1, 0.15) is 5.75 Å². The summed E-state index contributed by atoms with van der Waals surface area (Å²) in [6.45, 7) is -0.998.